The molecule has 0 aromatic carbocycles. The van der Waals surface area contributed by atoms with Crippen molar-refractivity contribution in [2.75, 3.05) is 13.1 Å². The summed E-state index contributed by atoms with van der Waals surface area (Å²) in [6.07, 6.45) is 0. The third kappa shape index (κ3) is 6.66. The van der Waals surface area contributed by atoms with Crippen LogP contribution in [0.1, 0.15) is 27.7 Å². The van der Waals surface area contributed by atoms with Gasteiger partial charge >= 0.3 is 0 Å². The quantitative estimate of drug-likeness (QED) is 0.632. The smallest absolute Gasteiger partial charge is 0.234 e. The van der Waals surface area contributed by atoms with Crippen molar-refractivity contribution < 1.29 is 4.79 Å². The highest BCUT2D eigenvalue weighted by Crippen LogP contribution is 1.98. The van der Waals surface area contributed by atoms with Crippen LogP contribution in [-0.4, -0.2) is 25.0 Å². The Balaban J connectivity index is 3.60. The molecule has 0 aliphatic carbocycles. The number of hydrogen-bond donors (Lipinski definition) is 2. The highest BCUT2D eigenvalue weighted by atomic mass is 16.1. The van der Waals surface area contributed by atoms with Crippen LogP contribution in [0.3, 0.4) is 0 Å². The fraction of sp³-hybridized carbons (Fsp3) is 0.727. The van der Waals surface area contributed by atoms with Crippen LogP contribution in [-0.2, 0) is 4.79 Å². The molecular weight excluding hydrogens is 176 g/mol. The van der Waals surface area contributed by atoms with Gasteiger partial charge in [-0.25, -0.2) is 0 Å². The van der Waals surface area contributed by atoms with E-state index in [9.17, 15) is 4.79 Å². The standard InChI is InChI=1S/C11H22N2O/c1-8(2)6-12-7-11(14)13-10(5)9(3)4/h9-10,12H,1,6-7H2,2-5H3,(H,13,14). The summed E-state index contributed by atoms with van der Waals surface area (Å²) in [6, 6.07) is 0.231. The lowest BCUT2D eigenvalue weighted by atomic mass is 10.1. The predicted molar refractivity (Wildman–Crippen MR) is 60.1 cm³/mol. The summed E-state index contributed by atoms with van der Waals surface area (Å²) in [5.74, 6) is 0.521. The van der Waals surface area contributed by atoms with Crippen molar-refractivity contribution in [1.29, 1.82) is 0 Å². The summed E-state index contributed by atoms with van der Waals surface area (Å²) < 4.78 is 0. The summed E-state index contributed by atoms with van der Waals surface area (Å²) >= 11 is 0. The molecule has 0 aliphatic rings. The molecule has 0 aromatic rings. The first kappa shape index (κ1) is 13.2. The zero-order chi connectivity index (χ0) is 11.1. The Labute approximate surface area is 87.0 Å². The molecule has 0 radical (unpaired) electrons. The first-order valence-corrected chi connectivity index (χ1v) is 5.08. The van der Waals surface area contributed by atoms with Crippen LogP contribution >= 0.6 is 0 Å². The molecule has 14 heavy (non-hydrogen) atoms. The highest BCUT2D eigenvalue weighted by Gasteiger charge is 2.09. The normalized spacial score (nSPS) is 12.6. The molecule has 1 unspecified atom stereocenters. The molecule has 0 spiro atoms. The van der Waals surface area contributed by atoms with Gasteiger partial charge in [-0.3, -0.25) is 4.79 Å². The van der Waals surface area contributed by atoms with Gasteiger partial charge in [-0.1, -0.05) is 26.0 Å². The number of amides is 1. The molecule has 2 N–H and O–H groups in total. The molecule has 3 heteroatoms. The molecule has 0 saturated heterocycles. The molecule has 0 bridgehead atoms. The molecule has 1 atom stereocenters. The Morgan fingerprint density at radius 1 is 1.29 bits per heavy atom. The van der Waals surface area contributed by atoms with Crippen LogP contribution < -0.4 is 10.6 Å². The predicted octanol–water partition coefficient (Wildman–Crippen LogP) is 1.31. The molecule has 0 saturated carbocycles. The van der Waals surface area contributed by atoms with E-state index in [-0.39, 0.29) is 11.9 Å². The molecule has 0 fully saturated rings. The van der Waals surface area contributed by atoms with Crippen LogP contribution in [0.15, 0.2) is 12.2 Å². The molecule has 3 nitrogen and oxygen atoms in total. The zero-order valence-corrected chi connectivity index (χ0v) is 9.68. The van der Waals surface area contributed by atoms with E-state index in [1.807, 2.05) is 13.8 Å². The fourth-order valence-electron chi connectivity index (χ4n) is 0.861. The number of carbonyl (C=O) groups is 1. The minimum Gasteiger partial charge on any atom is -0.352 e. The second-order valence-electron chi connectivity index (χ2n) is 4.16. The van der Waals surface area contributed by atoms with Crippen molar-refractivity contribution in [2.24, 2.45) is 5.92 Å². The second kappa shape index (κ2) is 6.60. The molecule has 0 heterocycles. The maximum absolute atomic E-state index is 11.3. The van der Waals surface area contributed by atoms with Gasteiger partial charge in [0.1, 0.15) is 0 Å². The van der Waals surface area contributed by atoms with E-state index in [0.29, 0.717) is 19.0 Å². The van der Waals surface area contributed by atoms with Crippen molar-refractivity contribution in [3.05, 3.63) is 12.2 Å². The zero-order valence-electron chi connectivity index (χ0n) is 9.68. The van der Waals surface area contributed by atoms with Gasteiger partial charge < -0.3 is 10.6 Å². The average Bonchev–Trinajstić information content (AvgIpc) is 2.02. The van der Waals surface area contributed by atoms with Crippen LogP contribution in [0.25, 0.3) is 0 Å². The topological polar surface area (TPSA) is 41.1 Å². The van der Waals surface area contributed by atoms with Gasteiger partial charge in [-0.15, -0.1) is 0 Å². The van der Waals surface area contributed by atoms with Gasteiger partial charge in [0.05, 0.1) is 6.54 Å². The SMILES string of the molecule is C=C(C)CNCC(=O)NC(C)C(C)C. The number of hydrogen-bond acceptors (Lipinski definition) is 2. The fourth-order valence-corrected chi connectivity index (χ4v) is 0.861. The average molecular weight is 198 g/mol. The van der Waals surface area contributed by atoms with E-state index in [2.05, 4.69) is 31.1 Å². The summed E-state index contributed by atoms with van der Waals surface area (Å²) in [6.45, 7) is 12.9. The monoisotopic (exact) mass is 198 g/mol. The number of rotatable bonds is 6. The molecule has 1 amide bonds. The van der Waals surface area contributed by atoms with Crippen LogP contribution in [0, 0.1) is 5.92 Å². The Kier molecular flexibility index (Phi) is 6.21. The Bertz CT molecular complexity index is 199. The van der Waals surface area contributed by atoms with Gasteiger partial charge in [0.2, 0.25) is 5.91 Å². The lowest BCUT2D eigenvalue weighted by Gasteiger charge is -2.17. The van der Waals surface area contributed by atoms with E-state index in [1.165, 1.54) is 0 Å². The van der Waals surface area contributed by atoms with Crippen molar-refractivity contribution in [1.82, 2.24) is 10.6 Å². The summed E-state index contributed by atoms with van der Waals surface area (Å²) in [5.41, 5.74) is 1.04. The number of carbonyl (C=O) groups excluding carboxylic acids is 1. The molecule has 0 aliphatic heterocycles. The van der Waals surface area contributed by atoms with Gasteiger partial charge in [0, 0.05) is 12.6 Å². The summed E-state index contributed by atoms with van der Waals surface area (Å²) in [4.78, 5) is 11.3. The highest BCUT2D eigenvalue weighted by molar-refractivity contribution is 5.78. The van der Waals surface area contributed by atoms with Crippen LogP contribution in [0.2, 0.25) is 0 Å². The summed E-state index contributed by atoms with van der Waals surface area (Å²) in [5, 5.41) is 5.94. The molecule has 0 aromatic heterocycles. The summed E-state index contributed by atoms with van der Waals surface area (Å²) in [7, 11) is 0. The van der Waals surface area contributed by atoms with E-state index in [4.69, 9.17) is 0 Å². The minimum absolute atomic E-state index is 0.0486. The van der Waals surface area contributed by atoms with Gasteiger partial charge in [-0.05, 0) is 19.8 Å². The van der Waals surface area contributed by atoms with Crippen molar-refractivity contribution >= 4 is 5.91 Å². The lowest BCUT2D eigenvalue weighted by molar-refractivity contribution is -0.121. The lowest BCUT2D eigenvalue weighted by Crippen LogP contribution is -2.41. The second-order valence-corrected chi connectivity index (χ2v) is 4.16. The van der Waals surface area contributed by atoms with Crippen molar-refractivity contribution in [2.45, 2.75) is 33.7 Å². The van der Waals surface area contributed by atoms with Gasteiger partial charge in [-0.2, -0.15) is 0 Å². The third-order valence-electron chi connectivity index (χ3n) is 2.10. The Hall–Kier alpha value is -0.830. The van der Waals surface area contributed by atoms with Gasteiger partial charge in [0.25, 0.3) is 0 Å². The largest absolute Gasteiger partial charge is 0.352 e. The van der Waals surface area contributed by atoms with Crippen LogP contribution in [0.5, 0.6) is 0 Å². The van der Waals surface area contributed by atoms with Crippen LogP contribution in [0.4, 0.5) is 0 Å². The molecule has 82 valence electrons. The van der Waals surface area contributed by atoms with E-state index in [1.54, 1.807) is 0 Å². The number of nitrogens with one attached hydrogen (secondary N) is 2. The van der Waals surface area contributed by atoms with Crippen molar-refractivity contribution in [3.63, 3.8) is 0 Å². The van der Waals surface area contributed by atoms with Crippen molar-refractivity contribution in [3.8, 4) is 0 Å². The first-order valence-electron chi connectivity index (χ1n) is 5.08. The maximum Gasteiger partial charge on any atom is 0.234 e. The van der Waals surface area contributed by atoms with E-state index in [0.717, 1.165) is 5.57 Å². The minimum atomic E-state index is 0.0486. The molecule has 0 rings (SSSR count). The Morgan fingerprint density at radius 3 is 2.29 bits per heavy atom. The molecular formula is C11H22N2O. The maximum atomic E-state index is 11.3. The van der Waals surface area contributed by atoms with E-state index >= 15 is 0 Å². The Morgan fingerprint density at radius 2 is 1.86 bits per heavy atom. The van der Waals surface area contributed by atoms with Gasteiger partial charge in [0.15, 0.2) is 0 Å². The van der Waals surface area contributed by atoms with E-state index < -0.39 is 0 Å². The first-order chi connectivity index (χ1) is 6.43. The third-order valence-corrected chi connectivity index (χ3v) is 2.10.